The first-order valence-corrected chi connectivity index (χ1v) is 10.7. The molecule has 0 radical (unpaired) electrons. The summed E-state index contributed by atoms with van der Waals surface area (Å²) in [6.07, 6.45) is 2.95. The molecule has 1 N–H and O–H groups in total. The molecule has 0 unspecified atom stereocenters. The third kappa shape index (κ3) is 5.09. The van der Waals surface area contributed by atoms with Crippen molar-refractivity contribution in [2.45, 2.75) is 50.5 Å². The van der Waals surface area contributed by atoms with E-state index in [9.17, 15) is 13.2 Å². The maximum atomic E-state index is 12.8. The van der Waals surface area contributed by atoms with Gasteiger partial charge in [0.05, 0.1) is 5.02 Å². The topological polar surface area (TPSA) is 66.5 Å². The maximum Gasteiger partial charge on any atom is 0.244 e. The molecule has 0 aliphatic carbocycles. The van der Waals surface area contributed by atoms with Crippen LogP contribution in [0.5, 0.6) is 0 Å². The van der Waals surface area contributed by atoms with Gasteiger partial charge in [-0.05, 0) is 44.4 Å². The molecular formula is C17H24Cl2N2O3S. The van der Waals surface area contributed by atoms with Crippen LogP contribution in [-0.4, -0.2) is 37.8 Å². The van der Waals surface area contributed by atoms with E-state index in [0.717, 1.165) is 12.8 Å². The molecule has 5 nitrogen and oxygen atoms in total. The monoisotopic (exact) mass is 406 g/mol. The first kappa shape index (κ1) is 20.5. The van der Waals surface area contributed by atoms with Gasteiger partial charge in [-0.15, -0.1) is 0 Å². The molecule has 1 aromatic carbocycles. The summed E-state index contributed by atoms with van der Waals surface area (Å²) in [7, 11) is -3.71. The second-order valence-corrected chi connectivity index (χ2v) is 9.20. The lowest BCUT2D eigenvalue weighted by molar-refractivity contribution is -0.126. The van der Waals surface area contributed by atoms with Crippen LogP contribution in [0.2, 0.25) is 10.0 Å². The maximum absolute atomic E-state index is 12.8. The Morgan fingerprint density at radius 3 is 2.56 bits per heavy atom. The van der Waals surface area contributed by atoms with Gasteiger partial charge >= 0.3 is 0 Å². The van der Waals surface area contributed by atoms with Crippen molar-refractivity contribution < 1.29 is 13.2 Å². The molecule has 140 valence electrons. The number of hydrogen-bond donors (Lipinski definition) is 1. The van der Waals surface area contributed by atoms with Gasteiger partial charge in [-0.25, -0.2) is 8.42 Å². The van der Waals surface area contributed by atoms with Crippen LogP contribution in [0.25, 0.3) is 0 Å². The van der Waals surface area contributed by atoms with Crippen molar-refractivity contribution in [3.8, 4) is 0 Å². The van der Waals surface area contributed by atoms with Gasteiger partial charge in [0.15, 0.2) is 0 Å². The molecule has 8 heteroatoms. The van der Waals surface area contributed by atoms with Crippen LogP contribution in [0.4, 0.5) is 0 Å². The largest absolute Gasteiger partial charge is 0.353 e. The van der Waals surface area contributed by atoms with Crippen LogP contribution in [0.1, 0.15) is 39.5 Å². The highest BCUT2D eigenvalue weighted by molar-refractivity contribution is 7.89. The van der Waals surface area contributed by atoms with E-state index in [2.05, 4.69) is 12.2 Å². The number of carbonyl (C=O) groups excluding carboxylic acids is 1. The number of piperidine rings is 1. The number of nitrogens with zero attached hydrogens (tertiary/aromatic N) is 1. The second-order valence-electron chi connectivity index (χ2n) is 6.45. The van der Waals surface area contributed by atoms with Crippen molar-refractivity contribution in [3.05, 3.63) is 28.2 Å². The molecule has 1 fully saturated rings. The molecule has 1 aliphatic rings. The second kappa shape index (κ2) is 8.71. The zero-order chi connectivity index (χ0) is 18.6. The molecule has 0 spiro atoms. The fraction of sp³-hybridized carbons (Fsp3) is 0.588. The highest BCUT2D eigenvalue weighted by atomic mass is 35.5. The standard InChI is InChI=1S/C17H24Cl2N2O3S/c1-3-4-12(2)20-17(22)13-7-9-21(10-8-13)25(23,24)16-11-14(18)5-6-15(16)19/h5-6,11-13H,3-4,7-10H2,1-2H3,(H,20,22)/t12-/m1/s1. The number of hydrogen-bond acceptors (Lipinski definition) is 3. The van der Waals surface area contributed by atoms with E-state index in [1.807, 2.05) is 6.92 Å². The predicted octanol–water partition coefficient (Wildman–Crippen LogP) is 3.70. The molecule has 1 aromatic rings. The van der Waals surface area contributed by atoms with E-state index in [-0.39, 0.29) is 27.8 Å². The molecule has 1 saturated heterocycles. The first-order chi connectivity index (χ1) is 11.8. The SMILES string of the molecule is CCC[C@@H](C)NC(=O)C1CCN(S(=O)(=O)c2cc(Cl)ccc2Cl)CC1. The summed E-state index contributed by atoms with van der Waals surface area (Å²) in [5, 5.41) is 3.48. The number of halogens is 2. The summed E-state index contributed by atoms with van der Waals surface area (Å²) < 4.78 is 26.9. The molecule has 0 bridgehead atoms. The van der Waals surface area contributed by atoms with Crippen LogP contribution < -0.4 is 5.32 Å². The Bertz CT molecular complexity index is 717. The highest BCUT2D eigenvalue weighted by Crippen LogP contribution is 2.30. The Kier molecular flexibility index (Phi) is 7.14. The number of carbonyl (C=O) groups is 1. The van der Waals surface area contributed by atoms with E-state index in [1.165, 1.54) is 16.4 Å². The average Bonchev–Trinajstić information content (AvgIpc) is 2.57. The molecule has 1 heterocycles. The Balaban J connectivity index is 2.01. The van der Waals surface area contributed by atoms with Gasteiger partial charge in [0.2, 0.25) is 15.9 Å². The van der Waals surface area contributed by atoms with Gasteiger partial charge in [0.1, 0.15) is 4.90 Å². The van der Waals surface area contributed by atoms with Crippen molar-refractivity contribution in [3.63, 3.8) is 0 Å². The number of nitrogens with one attached hydrogen (secondary N) is 1. The van der Waals surface area contributed by atoms with Crippen LogP contribution >= 0.6 is 23.2 Å². The Labute approximate surface area is 159 Å². The Morgan fingerprint density at radius 2 is 1.96 bits per heavy atom. The van der Waals surface area contributed by atoms with Gasteiger partial charge in [0.25, 0.3) is 0 Å². The van der Waals surface area contributed by atoms with Gasteiger partial charge in [-0.2, -0.15) is 4.31 Å². The van der Waals surface area contributed by atoms with E-state index >= 15 is 0 Å². The van der Waals surface area contributed by atoms with Crippen LogP contribution in [0.15, 0.2) is 23.1 Å². The van der Waals surface area contributed by atoms with E-state index in [1.54, 1.807) is 6.07 Å². The number of amides is 1. The van der Waals surface area contributed by atoms with Crippen molar-refractivity contribution in [2.75, 3.05) is 13.1 Å². The minimum atomic E-state index is -3.71. The minimum absolute atomic E-state index is 0.0128. The summed E-state index contributed by atoms with van der Waals surface area (Å²) >= 11 is 11.9. The van der Waals surface area contributed by atoms with Crippen LogP contribution in [-0.2, 0) is 14.8 Å². The van der Waals surface area contributed by atoms with Gasteiger partial charge in [-0.1, -0.05) is 36.5 Å². The van der Waals surface area contributed by atoms with Crippen LogP contribution in [0, 0.1) is 5.92 Å². The number of benzene rings is 1. The summed E-state index contributed by atoms with van der Waals surface area (Å²) in [6.45, 7) is 4.66. The summed E-state index contributed by atoms with van der Waals surface area (Å²) in [5.74, 6) is -0.139. The molecule has 1 atom stereocenters. The average molecular weight is 407 g/mol. The quantitative estimate of drug-likeness (QED) is 0.782. The summed E-state index contributed by atoms with van der Waals surface area (Å²) in [5.41, 5.74) is 0. The zero-order valence-electron chi connectivity index (χ0n) is 14.5. The minimum Gasteiger partial charge on any atom is -0.353 e. The third-order valence-corrected chi connectivity index (χ3v) is 7.06. The Morgan fingerprint density at radius 1 is 1.32 bits per heavy atom. The normalized spacial score (nSPS) is 18.1. The summed E-state index contributed by atoms with van der Waals surface area (Å²) in [6, 6.07) is 4.54. The van der Waals surface area contributed by atoms with E-state index in [0.29, 0.717) is 31.0 Å². The van der Waals surface area contributed by atoms with Crippen molar-refractivity contribution in [1.29, 1.82) is 0 Å². The summed E-state index contributed by atoms with van der Waals surface area (Å²) in [4.78, 5) is 12.3. The lowest BCUT2D eigenvalue weighted by Gasteiger charge is -2.31. The number of rotatable bonds is 6. The predicted molar refractivity (Wildman–Crippen MR) is 100 cm³/mol. The molecule has 0 saturated carbocycles. The number of sulfonamides is 1. The third-order valence-electron chi connectivity index (χ3n) is 4.45. The van der Waals surface area contributed by atoms with Crippen molar-refractivity contribution >= 4 is 39.1 Å². The molecule has 25 heavy (non-hydrogen) atoms. The lowest BCUT2D eigenvalue weighted by Crippen LogP contribution is -2.44. The molecule has 1 amide bonds. The van der Waals surface area contributed by atoms with Gasteiger partial charge in [-0.3, -0.25) is 4.79 Å². The van der Waals surface area contributed by atoms with Crippen LogP contribution in [0.3, 0.4) is 0 Å². The lowest BCUT2D eigenvalue weighted by atomic mass is 9.96. The van der Waals surface area contributed by atoms with E-state index < -0.39 is 10.0 Å². The molecule has 2 rings (SSSR count). The fourth-order valence-corrected chi connectivity index (χ4v) is 5.25. The van der Waals surface area contributed by atoms with E-state index in [4.69, 9.17) is 23.2 Å². The van der Waals surface area contributed by atoms with Gasteiger partial charge in [0, 0.05) is 30.1 Å². The van der Waals surface area contributed by atoms with Crippen molar-refractivity contribution in [1.82, 2.24) is 9.62 Å². The highest BCUT2D eigenvalue weighted by Gasteiger charge is 2.33. The fourth-order valence-electron chi connectivity index (χ4n) is 3.04. The smallest absolute Gasteiger partial charge is 0.244 e. The molecule has 0 aromatic heterocycles. The van der Waals surface area contributed by atoms with Crippen molar-refractivity contribution in [2.24, 2.45) is 5.92 Å². The molecule has 1 aliphatic heterocycles. The van der Waals surface area contributed by atoms with Gasteiger partial charge < -0.3 is 5.32 Å². The Hall–Kier alpha value is -0.820. The zero-order valence-corrected chi connectivity index (χ0v) is 16.8. The first-order valence-electron chi connectivity index (χ1n) is 8.51. The molecular weight excluding hydrogens is 383 g/mol.